The molecule has 122 valence electrons. The van der Waals surface area contributed by atoms with Crippen LogP contribution >= 0.6 is 0 Å². The van der Waals surface area contributed by atoms with E-state index < -0.39 is 8.07 Å². The summed E-state index contributed by atoms with van der Waals surface area (Å²) in [5, 5.41) is 1.48. The van der Waals surface area contributed by atoms with Gasteiger partial charge in [-0.1, -0.05) is 45.3 Å². The van der Waals surface area contributed by atoms with E-state index in [-0.39, 0.29) is 5.82 Å². The van der Waals surface area contributed by atoms with Crippen LogP contribution in [-0.2, 0) is 6.42 Å². The topological polar surface area (TPSA) is 12.9 Å². The number of hydrogen-bond donors (Lipinski definition) is 0. The molecule has 0 aliphatic heterocycles. The molecule has 3 heteroatoms. The van der Waals surface area contributed by atoms with Crippen molar-refractivity contribution < 1.29 is 4.39 Å². The average molecular weight is 328 g/mol. The summed E-state index contributed by atoms with van der Waals surface area (Å²) < 4.78 is 13.2. The molecule has 2 aromatic rings. The molecule has 3 rings (SSSR count). The molecule has 1 aliphatic rings. The van der Waals surface area contributed by atoms with Crippen molar-refractivity contribution in [3.8, 4) is 11.3 Å². The molecule has 0 unspecified atom stereocenters. The van der Waals surface area contributed by atoms with E-state index in [1.165, 1.54) is 55.0 Å². The first kappa shape index (κ1) is 16.4. The number of pyridine rings is 1. The van der Waals surface area contributed by atoms with Crippen LogP contribution in [0.25, 0.3) is 11.3 Å². The van der Waals surface area contributed by atoms with Gasteiger partial charge in [0.2, 0.25) is 0 Å². The highest BCUT2D eigenvalue weighted by molar-refractivity contribution is 6.89. The lowest BCUT2D eigenvalue weighted by Gasteiger charge is -2.23. The van der Waals surface area contributed by atoms with E-state index in [1.54, 1.807) is 0 Å². The van der Waals surface area contributed by atoms with Gasteiger partial charge in [0, 0.05) is 11.8 Å². The largest absolute Gasteiger partial charge is 0.256 e. The lowest BCUT2D eigenvalue weighted by molar-refractivity contribution is 0.547. The molecule has 1 heterocycles. The highest BCUT2D eigenvalue weighted by Crippen LogP contribution is 2.29. The molecular weight excluding hydrogens is 301 g/mol. The average Bonchev–Trinajstić information content (AvgIpc) is 3.00. The van der Waals surface area contributed by atoms with Gasteiger partial charge >= 0.3 is 0 Å². The van der Waals surface area contributed by atoms with Crippen molar-refractivity contribution in [2.24, 2.45) is 5.92 Å². The highest BCUT2D eigenvalue weighted by atomic mass is 28.3. The fourth-order valence-corrected chi connectivity index (χ4v) is 5.23. The fourth-order valence-electron chi connectivity index (χ4n) is 3.65. The molecule has 0 saturated heterocycles. The van der Waals surface area contributed by atoms with Crippen molar-refractivity contribution in [1.82, 2.24) is 4.98 Å². The number of benzene rings is 1. The Morgan fingerprint density at radius 3 is 2.35 bits per heavy atom. The quantitative estimate of drug-likeness (QED) is 0.706. The molecule has 0 spiro atoms. The monoisotopic (exact) mass is 327 g/mol. The molecule has 0 N–H and O–H groups in total. The summed E-state index contributed by atoms with van der Waals surface area (Å²) in [6.07, 6.45) is 8.75. The second-order valence-corrected chi connectivity index (χ2v) is 12.9. The Labute approximate surface area is 140 Å². The summed E-state index contributed by atoms with van der Waals surface area (Å²) in [5.41, 5.74) is 3.45. The van der Waals surface area contributed by atoms with E-state index in [2.05, 4.69) is 31.9 Å². The molecule has 1 nitrogen and oxygen atoms in total. The van der Waals surface area contributed by atoms with E-state index in [0.717, 1.165) is 17.2 Å². The number of nitrogens with zero attached hydrogens (tertiary/aromatic N) is 1. The Morgan fingerprint density at radius 2 is 1.74 bits per heavy atom. The summed E-state index contributed by atoms with van der Waals surface area (Å²) in [6, 6.07) is 8.94. The first-order valence-corrected chi connectivity index (χ1v) is 12.2. The number of rotatable bonds is 4. The zero-order valence-corrected chi connectivity index (χ0v) is 15.4. The van der Waals surface area contributed by atoms with Crippen molar-refractivity contribution in [3.05, 3.63) is 47.9 Å². The molecule has 1 aliphatic carbocycles. The van der Waals surface area contributed by atoms with Crippen LogP contribution in [0.4, 0.5) is 4.39 Å². The van der Waals surface area contributed by atoms with Gasteiger partial charge in [-0.3, -0.25) is 4.98 Å². The predicted molar refractivity (Wildman–Crippen MR) is 98.3 cm³/mol. The van der Waals surface area contributed by atoms with E-state index in [1.807, 2.05) is 12.1 Å². The lowest BCUT2D eigenvalue weighted by Crippen LogP contribution is -2.41. The minimum Gasteiger partial charge on any atom is -0.256 e. The maximum Gasteiger partial charge on any atom is 0.123 e. The van der Waals surface area contributed by atoms with Crippen LogP contribution in [-0.4, -0.2) is 13.1 Å². The van der Waals surface area contributed by atoms with Gasteiger partial charge in [0.25, 0.3) is 0 Å². The first-order chi connectivity index (χ1) is 10.9. The standard InChI is InChI=1S/C20H26FNSi/c1-23(2,3)20-14-22-19(16-8-10-18(21)11-9-16)13-17(20)12-15-6-4-5-7-15/h8-11,13-15H,4-7,12H2,1-3H3. The summed E-state index contributed by atoms with van der Waals surface area (Å²) in [5.74, 6) is 0.632. The summed E-state index contributed by atoms with van der Waals surface area (Å²) in [6.45, 7) is 7.17. The van der Waals surface area contributed by atoms with Gasteiger partial charge in [-0.2, -0.15) is 0 Å². The van der Waals surface area contributed by atoms with E-state index in [9.17, 15) is 4.39 Å². The summed E-state index contributed by atoms with van der Waals surface area (Å²) >= 11 is 0. The van der Waals surface area contributed by atoms with Crippen molar-refractivity contribution in [1.29, 1.82) is 0 Å². The van der Waals surface area contributed by atoms with Gasteiger partial charge in [-0.15, -0.1) is 0 Å². The Hall–Kier alpha value is -1.48. The van der Waals surface area contributed by atoms with Gasteiger partial charge in [-0.25, -0.2) is 4.39 Å². The summed E-state index contributed by atoms with van der Waals surface area (Å²) in [4.78, 5) is 4.69. The fraction of sp³-hybridized carbons (Fsp3) is 0.450. The molecule has 0 radical (unpaired) electrons. The van der Waals surface area contributed by atoms with Crippen LogP contribution in [0.1, 0.15) is 31.2 Å². The van der Waals surface area contributed by atoms with Crippen molar-refractivity contribution >= 4 is 13.3 Å². The molecule has 1 saturated carbocycles. The van der Waals surface area contributed by atoms with Crippen LogP contribution in [0.2, 0.25) is 19.6 Å². The Bertz CT molecular complexity index is 667. The molecular formula is C20H26FNSi. The van der Waals surface area contributed by atoms with Crippen molar-refractivity contribution in [2.45, 2.75) is 51.7 Å². The van der Waals surface area contributed by atoms with E-state index in [0.29, 0.717) is 0 Å². The molecule has 1 aromatic heterocycles. The van der Waals surface area contributed by atoms with Crippen molar-refractivity contribution in [2.75, 3.05) is 0 Å². The van der Waals surface area contributed by atoms with Crippen LogP contribution in [0.3, 0.4) is 0 Å². The minimum absolute atomic E-state index is 0.196. The third-order valence-electron chi connectivity index (χ3n) is 4.92. The smallest absolute Gasteiger partial charge is 0.123 e. The molecule has 1 fully saturated rings. The van der Waals surface area contributed by atoms with Gasteiger partial charge in [-0.05, 0) is 53.4 Å². The van der Waals surface area contributed by atoms with Gasteiger partial charge in [0.15, 0.2) is 0 Å². The zero-order chi connectivity index (χ0) is 16.4. The van der Waals surface area contributed by atoms with Crippen LogP contribution in [0, 0.1) is 11.7 Å². The first-order valence-electron chi connectivity index (χ1n) is 8.69. The maximum atomic E-state index is 13.2. The molecule has 1 aromatic carbocycles. The number of hydrogen-bond acceptors (Lipinski definition) is 1. The van der Waals surface area contributed by atoms with Crippen molar-refractivity contribution in [3.63, 3.8) is 0 Å². The maximum absolute atomic E-state index is 13.2. The van der Waals surface area contributed by atoms with Gasteiger partial charge in [0.05, 0.1) is 13.8 Å². The highest BCUT2D eigenvalue weighted by Gasteiger charge is 2.24. The Kier molecular flexibility index (Phi) is 4.67. The van der Waals surface area contributed by atoms with Gasteiger partial charge in [0.1, 0.15) is 5.82 Å². The summed E-state index contributed by atoms with van der Waals surface area (Å²) in [7, 11) is -1.41. The second kappa shape index (κ2) is 6.56. The number of halogens is 1. The predicted octanol–water partition coefficient (Wildman–Crippen LogP) is 5.17. The third-order valence-corrected chi connectivity index (χ3v) is 6.99. The number of aromatic nitrogens is 1. The zero-order valence-electron chi connectivity index (χ0n) is 14.4. The van der Waals surface area contributed by atoms with E-state index in [4.69, 9.17) is 4.98 Å². The SMILES string of the molecule is C[Si](C)(C)c1cnc(-c2ccc(F)cc2)cc1CC1CCCC1. The van der Waals surface area contributed by atoms with Crippen LogP contribution in [0.5, 0.6) is 0 Å². The lowest BCUT2D eigenvalue weighted by atomic mass is 9.97. The molecule has 23 heavy (non-hydrogen) atoms. The molecule has 0 bridgehead atoms. The van der Waals surface area contributed by atoms with E-state index >= 15 is 0 Å². The van der Waals surface area contributed by atoms with Crippen LogP contribution in [0.15, 0.2) is 36.5 Å². The second-order valence-electron chi connectivity index (χ2n) is 7.84. The normalized spacial score (nSPS) is 16.0. The Morgan fingerprint density at radius 1 is 1.09 bits per heavy atom. The Balaban J connectivity index is 1.97. The molecule has 0 atom stereocenters. The minimum atomic E-state index is -1.41. The van der Waals surface area contributed by atoms with Gasteiger partial charge < -0.3 is 0 Å². The van der Waals surface area contributed by atoms with Crippen LogP contribution < -0.4 is 5.19 Å². The third kappa shape index (κ3) is 3.89. The molecule has 0 amide bonds.